The summed E-state index contributed by atoms with van der Waals surface area (Å²) < 4.78 is 0. The predicted molar refractivity (Wildman–Crippen MR) is 340 cm³/mol. The fourth-order valence-corrected chi connectivity index (χ4v) is 10.2. The summed E-state index contributed by atoms with van der Waals surface area (Å²) in [7, 11) is 1.44. The van der Waals surface area contributed by atoms with Crippen molar-refractivity contribution in [3.63, 3.8) is 0 Å². The number of carbonyl (C=O) groups excluding carboxylic acids is 11. The molecule has 0 bridgehead atoms. The molecule has 1 saturated heterocycles. The second-order valence-electron chi connectivity index (χ2n) is 24.6. The summed E-state index contributed by atoms with van der Waals surface area (Å²) in [6, 6.07) is -10.6. The summed E-state index contributed by atoms with van der Waals surface area (Å²) in [5.41, 5.74) is 11.1. The van der Waals surface area contributed by atoms with Gasteiger partial charge < -0.3 is 74.9 Å². The van der Waals surface area contributed by atoms with Crippen molar-refractivity contribution in [3.8, 4) is 0 Å². The Balaban J connectivity index is 3.12. The van der Waals surface area contributed by atoms with E-state index in [1.54, 1.807) is 27.7 Å². The van der Waals surface area contributed by atoms with E-state index in [0.29, 0.717) is 38.6 Å². The number of amides is 10. The van der Waals surface area contributed by atoms with Crippen molar-refractivity contribution in [3.05, 3.63) is 12.4 Å². The first-order chi connectivity index (χ1) is 41.5. The molecule has 1 aliphatic rings. The van der Waals surface area contributed by atoms with Gasteiger partial charge in [0.05, 0.1) is 5.82 Å². The molecule has 0 radical (unpaired) electrons. The number of nitrogens with zero attached hydrogens (tertiary/aromatic N) is 1. The number of guanidine groups is 1. The second-order valence-corrected chi connectivity index (χ2v) is 24.6. The van der Waals surface area contributed by atoms with Gasteiger partial charge in [0.15, 0.2) is 5.96 Å². The van der Waals surface area contributed by atoms with Gasteiger partial charge in [-0.3, -0.25) is 58.1 Å². The van der Waals surface area contributed by atoms with E-state index in [1.165, 1.54) is 90.5 Å². The lowest BCUT2D eigenvalue weighted by Crippen LogP contribution is -2.60. The smallest absolute Gasteiger partial charge is 0.245 e. The standard InChI is InChI=1S/C62H113N15O11/c1-13-14-15-16-17-18-19-20-21-22-23-24-25-32-50(79)75-51(39(4)5)60(87)72-46(30-27-34-68-62(64)65)61(88)77-35-28-31-49(77)58(85)76-52(40(6)7)59(86)70-43(10)54(81)73-48(37-41(8)78)57(84)69-42(9)53(80)71-45(29-26-33-67-44(11)63)56(83)74-47(36-38(2)3)55(82)66-12/h38-40,42-43,45-49,51-52,67H,11,13-37,63H2,1-10,12H3,(H,66,82)(H,69,84)(H,70,86)(H,71,80)(H,72,87)(H,73,81)(H,74,83)(H,75,79)(H,76,85)(H4,64,65,68)/t42-,43-,45-,46-,47-,48-,49-,51-,52-/m0/s1. The van der Waals surface area contributed by atoms with Crippen molar-refractivity contribution in [2.75, 3.05) is 26.7 Å². The van der Waals surface area contributed by atoms with Gasteiger partial charge in [-0.25, -0.2) is 0 Å². The first-order valence-corrected chi connectivity index (χ1v) is 32.2. The minimum absolute atomic E-state index is 0.0348. The number of ketones is 1. The van der Waals surface area contributed by atoms with Crippen LogP contribution in [-0.4, -0.2) is 157 Å². The van der Waals surface area contributed by atoms with Crippen LogP contribution >= 0.6 is 0 Å². The van der Waals surface area contributed by atoms with Gasteiger partial charge in [0, 0.05) is 39.5 Å². The van der Waals surface area contributed by atoms with Crippen LogP contribution in [0.25, 0.3) is 0 Å². The van der Waals surface area contributed by atoms with Gasteiger partial charge in [0.2, 0.25) is 59.1 Å². The van der Waals surface area contributed by atoms with Crippen molar-refractivity contribution in [1.82, 2.24) is 63.4 Å². The fraction of sp³-hybridized carbons (Fsp3) is 0.774. The minimum atomic E-state index is -1.52. The Morgan fingerprint density at radius 3 is 1.49 bits per heavy atom. The monoisotopic (exact) mass is 1240 g/mol. The number of unbranched alkanes of at least 4 members (excludes halogenated alkanes) is 12. The van der Waals surface area contributed by atoms with Gasteiger partial charge in [0.25, 0.3) is 0 Å². The molecule has 10 amide bonds. The van der Waals surface area contributed by atoms with Crippen LogP contribution in [0, 0.1) is 23.2 Å². The molecule has 26 nitrogen and oxygen atoms in total. The van der Waals surface area contributed by atoms with Crippen molar-refractivity contribution < 1.29 is 52.7 Å². The summed E-state index contributed by atoms with van der Waals surface area (Å²) in [5, 5.41) is 37.0. The number of carbonyl (C=O) groups is 11. The van der Waals surface area contributed by atoms with E-state index in [2.05, 4.69) is 72.0 Å². The quantitative estimate of drug-likeness (QED) is 0.0237. The maximum absolute atomic E-state index is 14.5. The summed E-state index contributed by atoms with van der Waals surface area (Å²) in [6.45, 7) is 21.0. The van der Waals surface area contributed by atoms with Gasteiger partial charge in [-0.05, 0) is 89.9 Å². The fourth-order valence-electron chi connectivity index (χ4n) is 10.2. The summed E-state index contributed by atoms with van der Waals surface area (Å²) in [5.74, 6) is -7.89. The van der Waals surface area contributed by atoms with Crippen molar-refractivity contribution in [2.45, 2.75) is 265 Å². The Morgan fingerprint density at radius 2 is 0.989 bits per heavy atom. The van der Waals surface area contributed by atoms with Gasteiger partial charge in [-0.2, -0.15) is 0 Å². The zero-order chi connectivity index (χ0) is 66.5. The molecule has 0 aromatic carbocycles. The Kier molecular flexibility index (Phi) is 39.1. The molecule has 88 heavy (non-hydrogen) atoms. The lowest BCUT2D eigenvalue weighted by molar-refractivity contribution is -0.143. The molecular formula is C62H113N15O11. The second kappa shape index (κ2) is 43.6. The molecule has 9 atom stereocenters. The van der Waals surface area contributed by atoms with Crippen molar-refractivity contribution in [1.29, 1.82) is 5.41 Å². The molecule has 0 saturated carbocycles. The average molecular weight is 1240 g/mol. The molecule has 1 heterocycles. The molecule has 0 unspecified atom stereocenters. The number of nitrogens with one attached hydrogen (secondary N) is 12. The van der Waals surface area contributed by atoms with Crippen LogP contribution in [0.4, 0.5) is 0 Å². The Hall–Kier alpha value is -7.02. The maximum atomic E-state index is 14.5. The predicted octanol–water partition coefficient (Wildman–Crippen LogP) is 2.52. The highest BCUT2D eigenvalue weighted by atomic mass is 16.2. The first-order valence-electron chi connectivity index (χ1n) is 32.2. The lowest BCUT2D eigenvalue weighted by atomic mass is 10.0. The Labute approximate surface area is 523 Å². The summed E-state index contributed by atoms with van der Waals surface area (Å²) in [4.78, 5) is 151. The molecule has 1 fully saturated rings. The highest BCUT2D eigenvalue weighted by Gasteiger charge is 2.41. The van der Waals surface area contributed by atoms with E-state index >= 15 is 0 Å². The average Bonchev–Trinajstić information content (AvgIpc) is 1.97. The first kappa shape index (κ1) is 79.0. The zero-order valence-electron chi connectivity index (χ0n) is 54.9. The van der Waals surface area contributed by atoms with E-state index < -0.39 is 126 Å². The molecule has 26 heteroatoms. The molecule has 0 aromatic rings. The number of likely N-dealkylation sites (N-methyl/N-ethyl adjacent to an activating group) is 1. The molecule has 502 valence electrons. The number of Topliss-reactive ketones (excluding diaryl/α,β-unsaturated/α-hetero) is 1. The van der Waals surface area contributed by atoms with Crippen LogP contribution in [0.2, 0.25) is 0 Å². The molecule has 0 spiro atoms. The van der Waals surface area contributed by atoms with Crippen LogP contribution in [0.1, 0.15) is 210 Å². The van der Waals surface area contributed by atoms with Gasteiger partial charge in [-0.1, -0.05) is 132 Å². The van der Waals surface area contributed by atoms with E-state index in [4.69, 9.17) is 16.9 Å². The van der Waals surface area contributed by atoms with Gasteiger partial charge in [-0.15, -0.1) is 0 Å². The molecule has 0 aliphatic carbocycles. The van der Waals surface area contributed by atoms with Gasteiger partial charge >= 0.3 is 0 Å². The number of rotatable bonds is 46. The normalized spacial score (nSPS) is 15.7. The summed E-state index contributed by atoms with van der Waals surface area (Å²) in [6.07, 6.45) is 16.8. The topological polar surface area (TPSA) is 399 Å². The molecular weight excluding hydrogens is 1130 g/mol. The number of hydrogen-bond donors (Lipinski definition) is 14. The maximum Gasteiger partial charge on any atom is 0.245 e. The van der Waals surface area contributed by atoms with Crippen LogP contribution < -0.4 is 70.0 Å². The zero-order valence-corrected chi connectivity index (χ0v) is 54.9. The van der Waals surface area contributed by atoms with Crippen LogP contribution in [-0.2, 0) is 52.7 Å². The molecule has 0 aromatic heterocycles. The number of likely N-dealkylation sites (tertiary alicyclic amines) is 1. The number of hydrogen-bond acceptors (Lipinski definition) is 14. The van der Waals surface area contributed by atoms with E-state index in [-0.39, 0.29) is 68.3 Å². The van der Waals surface area contributed by atoms with Crippen LogP contribution in [0.3, 0.4) is 0 Å². The molecule has 1 rings (SSSR count). The molecule has 16 N–H and O–H groups in total. The Morgan fingerprint density at radius 1 is 0.534 bits per heavy atom. The van der Waals surface area contributed by atoms with E-state index in [0.717, 1.165) is 19.3 Å². The summed E-state index contributed by atoms with van der Waals surface area (Å²) >= 11 is 0. The van der Waals surface area contributed by atoms with Crippen LogP contribution in [0.5, 0.6) is 0 Å². The Bertz CT molecular complexity index is 2270. The molecule has 1 aliphatic heterocycles. The van der Waals surface area contributed by atoms with Crippen molar-refractivity contribution >= 4 is 70.8 Å². The third-order valence-electron chi connectivity index (χ3n) is 15.3. The highest BCUT2D eigenvalue weighted by Crippen LogP contribution is 2.22. The third kappa shape index (κ3) is 32.3. The van der Waals surface area contributed by atoms with Crippen LogP contribution in [0.15, 0.2) is 12.4 Å². The lowest BCUT2D eigenvalue weighted by Gasteiger charge is -2.32. The third-order valence-corrected chi connectivity index (χ3v) is 15.3. The minimum Gasteiger partial charge on any atom is -0.386 e. The highest BCUT2D eigenvalue weighted by molar-refractivity contribution is 5.99. The number of nitrogens with two attached hydrogens (primary N) is 2. The largest absolute Gasteiger partial charge is 0.386 e. The van der Waals surface area contributed by atoms with E-state index in [9.17, 15) is 52.7 Å². The van der Waals surface area contributed by atoms with E-state index in [1.807, 2.05) is 13.8 Å². The van der Waals surface area contributed by atoms with Crippen molar-refractivity contribution in [2.24, 2.45) is 29.2 Å². The van der Waals surface area contributed by atoms with Gasteiger partial charge in [0.1, 0.15) is 60.2 Å². The SMILES string of the molecule is C=C(N)NCCC[C@H](NC(=O)[C@H](C)NC(=O)[C@H](CC(C)=O)NC(=O)[C@H](C)NC(=O)[C@@H](NC(=O)[C@@H]1CCCN1C(=O)[C@H](CCCNC(=N)N)NC(=O)[C@@H](NC(=O)CCCCCCCCCCCCCCC)C(C)C)C(C)C)C(=O)N[C@@H](CC(C)C)C(=O)NC.